The van der Waals surface area contributed by atoms with Gasteiger partial charge in [-0.05, 0) is 54.5 Å². The monoisotopic (exact) mass is 390 g/mol. The molecule has 4 heteroatoms. The van der Waals surface area contributed by atoms with E-state index in [0.717, 1.165) is 18.9 Å². The van der Waals surface area contributed by atoms with Crippen LogP contribution in [0.2, 0.25) is 0 Å². The first kappa shape index (κ1) is 15.6. The van der Waals surface area contributed by atoms with Crippen molar-refractivity contribution in [2.45, 2.75) is 70.2 Å². The summed E-state index contributed by atoms with van der Waals surface area (Å²) in [5, 5.41) is 4.71. The van der Waals surface area contributed by atoms with E-state index in [-0.39, 0.29) is 0 Å². The van der Waals surface area contributed by atoms with E-state index in [1.807, 2.05) is 0 Å². The van der Waals surface area contributed by atoms with Crippen molar-refractivity contribution in [3.63, 3.8) is 0 Å². The Morgan fingerprint density at radius 3 is 2.68 bits per heavy atom. The maximum absolute atomic E-state index is 4.71. The van der Waals surface area contributed by atoms with Gasteiger partial charge in [-0.2, -0.15) is 5.10 Å². The van der Waals surface area contributed by atoms with Gasteiger partial charge >= 0.3 is 0 Å². The molecule has 1 aromatic rings. The molecule has 0 aliphatic heterocycles. The Bertz CT molecular complexity index is 415. The number of hydrogen-bond donors (Lipinski definition) is 0. The summed E-state index contributed by atoms with van der Waals surface area (Å²) in [6.07, 6.45) is 8.95. The molecule has 2 nitrogen and oxygen atoms in total. The number of nitrogens with zero attached hydrogens (tertiary/aromatic N) is 2. The summed E-state index contributed by atoms with van der Waals surface area (Å²) in [6.45, 7) is 5.33. The van der Waals surface area contributed by atoms with E-state index in [1.54, 1.807) is 0 Å². The second-order valence-corrected chi connectivity index (χ2v) is 7.65. The van der Waals surface area contributed by atoms with Gasteiger partial charge in [-0.3, -0.25) is 4.68 Å². The fourth-order valence-corrected chi connectivity index (χ4v) is 4.65. The molecule has 0 N–H and O–H groups in total. The molecular weight excluding hydrogens is 368 g/mol. The first-order chi connectivity index (χ1) is 9.15. The summed E-state index contributed by atoms with van der Waals surface area (Å²) in [7, 11) is 0. The second kappa shape index (κ2) is 7.26. The molecule has 0 amide bonds. The van der Waals surface area contributed by atoms with Gasteiger partial charge in [0.25, 0.3) is 0 Å². The number of alkyl halides is 1. The molecule has 1 saturated carbocycles. The van der Waals surface area contributed by atoms with Crippen molar-refractivity contribution in [2.24, 2.45) is 5.92 Å². The molecular formula is C15H24Br2N2. The van der Waals surface area contributed by atoms with Crippen molar-refractivity contribution in [3.05, 3.63) is 15.9 Å². The van der Waals surface area contributed by atoms with E-state index < -0.39 is 0 Å². The molecule has 0 aromatic carbocycles. The minimum absolute atomic E-state index is 0.711. The molecule has 1 fully saturated rings. The van der Waals surface area contributed by atoms with Crippen LogP contribution in [0.1, 0.15) is 57.3 Å². The van der Waals surface area contributed by atoms with Crippen molar-refractivity contribution in [1.82, 2.24) is 9.78 Å². The Morgan fingerprint density at radius 1 is 1.26 bits per heavy atom. The SMILES string of the molecule is CCc1nn(CC)c(CC2CCCCC(Br)C2)c1Br. The van der Waals surface area contributed by atoms with Crippen LogP contribution < -0.4 is 0 Å². The summed E-state index contributed by atoms with van der Waals surface area (Å²) in [4.78, 5) is 0.711. The van der Waals surface area contributed by atoms with Crippen molar-refractivity contribution in [3.8, 4) is 0 Å². The Labute approximate surface area is 133 Å². The molecule has 2 rings (SSSR count). The predicted octanol–water partition coefficient (Wildman–Crippen LogP) is 5.11. The van der Waals surface area contributed by atoms with Crippen LogP contribution in [0.15, 0.2) is 4.47 Å². The van der Waals surface area contributed by atoms with Crippen LogP contribution in [0.3, 0.4) is 0 Å². The zero-order valence-corrected chi connectivity index (χ0v) is 15.1. The third-order valence-electron chi connectivity index (χ3n) is 4.14. The lowest BCUT2D eigenvalue weighted by Gasteiger charge is -2.17. The van der Waals surface area contributed by atoms with Gasteiger partial charge in [0, 0.05) is 11.4 Å². The van der Waals surface area contributed by atoms with Crippen LogP contribution in [-0.4, -0.2) is 14.6 Å². The molecule has 108 valence electrons. The van der Waals surface area contributed by atoms with Crippen LogP contribution in [0, 0.1) is 5.92 Å². The van der Waals surface area contributed by atoms with E-state index >= 15 is 0 Å². The smallest absolute Gasteiger partial charge is 0.0766 e. The predicted molar refractivity (Wildman–Crippen MR) is 88.0 cm³/mol. The maximum atomic E-state index is 4.71. The Hall–Kier alpha value is 0.170. The molecule has 2 atom stereocenters. The highest BCUT2D eigenvalue weighted by Gasteiger charge is 2.22. The van der Waals surface area contributed by atoms with Crippen LogP contribution in [-0.2, 0) is 19.4 Å². The van der Waals surface area contributed by atoms with Crippen molar-refractivity contribution in [2.75, 3.05) is 0 Å². The third kappa shape index (κ3) is 3.84. The fourth-order valence-electron chi connectivity index (χ4n) is 3.07. The Balaban J connectivity index is 2.15. The first-order valence-corrected chi connectivity index (χ1v) is 9.24. The van der Waals surface area contributed by atoms with Gasteiger partial charge in [-0.15, -0.1) is 0 Å². The summed E-state index contributed by atoms with van der Waals surface area (Å²) < 4.78 is 3.45. The second-order valence-electron chi connectivity index (χ2n) is 5.56. The topological polar surface area (TPSA) is 17.8 Å². The highest BCUT2D eigenvalue weighted by molar-refractivity contribution is 9.10. The maximum Gasteiger partial charge on any atom is 0.0766 e. The zero-order chi connectivity index (χ0) is 13.8. The lowest BCUT2D eigenvalue weighted by atomic mass is 9.94. The van der Waals surface area contributed by atoms with Gasteiger partial charge in [-0.1, -0.05) is 42.1 Å². The molecule has 0 bridgehead atoms. The third-order valence-corrected chi connectivity index (χ3v) is 5.89. The van der Waals surface area contributed by atoms with Crippen LogP contribution in [0.4, 0.5) is 0 Å². The van der Waals surface area contributed by atoms with Crippen LogP contribution in [0.5, 0.6) is 0 Å². The normalized spacial score (nSPS) is 24.4. The molecule has 1 aliphatic rings. The van der Waals surface area contributed by atoms with E-state index in [4.69, 9.17) is 5.10 Å². The van der Waals surface area contributed by atoms with Gasteiger partial charge in [0.05, 0.1) is 15.9 Å². The minimum Gasteiger partial charge on any atom is -0.268 e. The molecule has 1 aromatic heterocycles. The van der Waals surface area contributed by atoms with E-state index in [2.05, 4.69) is 50.4 Å². The largest absolute Gasteiger partial charge is 0.268 e. The first-order valence-electron chi connectivity index (χ1n) is 7.53. The number of aromatic nitrogens is 2. The van der Waals surface area contributed by atoms with Gasteiger partial charge < -0.3 is 0 Å². The molecule has 2 unspecified atom stereocenters. The quantitative estimate of drug-likeness (QED) is 0.514. The number of halogens is 2. The van der Waals surface area contributed by atoms with Crippen molar-refractivity contribution < 1.29 is 0 Å². The molecule has 0 spiro atoms. The van der Waals surface area contributed by atoms with Crippen LogP contribution >= 0.6 is 31.9 Å². The number of aryl methyl sites for hydroxylation is 2. The van der Waals surface area contributed by atoms with E-state index in [9.17, 15) is 0 Å². The fraction of sp³-hybridized carbons (Fsp3) is 0.800. The molecule has 0 saturated heterocycles. The Morgan fingerprint density at radius 2 is 2.00 bits per heavy atom. The molecule has 1 aliphatic carbocycles. The summed E-state index contributed by atoms with van der Waals surface area (Å²) >= 11 is 7.60. The molecule has 1 heterocycles. The number of hydrogen-bond acceptors (Lipinski definition) is 1. The lowest BCUT2D eigenvalue weighted by Crippen LogP contribution is -2.12. The zero-order valence-electron chi connectivity index (χ0n) is 12.0. The van der Waals surface area contributed by atoms with E-state index in [1.165, 1.54) is 54.4 Å². The van der Waals surface area contributed by atoms with Crippen LogP contribution in [0.25, 0.3) is 0 Å². The van der Waals surface area contributed by atoms with Gasteiger partial charge in [-0.25, -0.2) is 0 Å². The average Bonchev–Trinajstić information content (AvgIpc) is 2.57. The highest BCUT2D eigenvalue weighted by atomic mass is 79.9. The minimum atomic E-state index is 0.711. The Kier molecular flexibility index (Phi) is 5.94. The van der Waals surface area contributed by atoms with Crippen molar-refractivity contribution >= 4 is 31.9 Å². The lowest BCUT2D eigenvalue weighted by molar-refractivity contribution is 0.443. The standard InChI is InChI=1S/C15H24Br2N2/c1-3-13-15(17)14(19(4-2)18-13)10-11-7-5-6-8-12(16)9-11/h11-12H,3-10H2,1-2H3. The number of rotatable bonds is 4. The molecule has 0 radical (unpaired) electrons. The van der Waals surface area contributed by atoms with Gasteiger partial charge in [0.1, 0.15) is 0 Å². The van der Waals surface area contributed by atoms with Gasteiger partial charge in [0.2, 0.25) is 0 Å². The summed E-state index contributed by atoms with van der Waals surface area (Å²) in [5.41, 5.74) is 2.62. The highest BCUT2D eigenvalue weighted by Crippen LogP contribution is 2.32. The van der Waals surface area contributed by atoms with Gasteiger partial charge in [0.15, 0.2) is 0 Å². The summed E-state index contributed by atoms with van der Waals surface area (Å²) in [6, 6.07) is 0. The van der Waals surface area contributed by atoms with Crippen molar-refractivity contribution in [1.29, 1.82) is 0 Å². The molecule has 19 heavy (non-hydrogen) atoms. The average molecular weight is 392 g/mol. The summed E-state index contributed by atoms with van der Waals surface area (Å²) in [5.74, 6) is 0.801. The van der Waals surface area contributed by atoms with E-state index in [0.29, 0.717) is 4.83 Å².